The van der Waals surface area contributed by atoms with Crippen LogP contribution in [0.5, 0.6) is 0 Å². The van der Waals surface area contributed by atoms with Gasteiger partial charge in [-0.05, 0) is 92.7 Å². The standard InChI is InChI=1S/C25H35F3/c26-17-3-1-2-4-19-5-7-20(8-6-19)9-10-21-11-13-22(14-12-21)23-15-16-24(27)25(28)18-23/h1-2,15-16,18-22H,3-14,17H2/b2-1+. The van der Waals surface area contributed by atoms with Crippen molar-refractivity contribution >= 4 is 0 Å². The first kappa shape index (κ1) is 21.5. The van der Waals surface area contributed by atoms with Crippen molar-refractivity contribution in [3.8, 4) is 0 Å². The molecule has 0 spiro atoms. The normalized spacial score (nSPS) is 28.7. The van der Waals surface area contributed by atoms with E-state index in [-0.39, 0.29) is 6.67 Å². The second-order valence-corrected chi connectivity index (χ2v) is 9.04. The Morgan fingerprint density at radius 3 is 1.96 bits per heavy atom. The van der Waals surface area contributed by atoms with E-state index in [0.29, 0.717) is 12.3 Å². The number of halogens is 3. The molecule has 0 N–H and O–H groups in total. The molecule has 0 heterocycles. The number of rotatable bonds is 8. The number of hydrogen-bond acceptors (Lipinski definition) is 0. The number of benzene rings is 1. The minimum atomic E-state index is -0.747. The van der Waals surface area contributed by atoms with Crippen molar-refractivity contribution in [1.29, 1.82) is 0 Å². The quantitative estimate of drug-likeness (QED) is 0.392. The van der Waals surface area contributed by atoms with Gasteiger partial charge in [-0.25, -0.2) is 8.78 Å². The summed E-state index contributed by atoms with van der Waals surface area (Å²) >= 11 is 0. The van der Waals surface area contributed by atoms with Crippen molar-refractivity contribution in [2.45, 2.75) is 83.0 Å². The van der Waals surface area contributed by atoms with Crippen molar-refractivity contribution in [3.05, 3.63) is 47.5 Å². The molecule has 3 heteroatoms. The van der Waals surface area contributed by atoms with Crippen LogP contribution in [-0.2, 0) is 0 Å². The molecule has 156 valence electrons. The highest BCUT2D eigenvalue weighted by molar-refractivity contribution is 5.22. The average molecular weight is 393 g/mol. The molecule has 0 aromatic heterocycles. The van der Waals surface area contributed by atoms with Crippen molar-refractivity contribution in [1.82, 2.24) is 0 Å². The molecule has 0 aliphatic heterocycles. The van der Waals surface area contributed by atoms with E-state index < -0.39 is 11.6 Å². The Labute approximate surface area is 168 Å². The highest BCUT2D eigenvalue weighted by Crippen LogP contribution is 2.40. The van der Waals surface area contributed by atoms with Crippen molar-refractivity contribution < 1.29 is 13.2 Å². The zero-order valence-corrected chi connectivity index (χ0v) is 17.0. The van der Waals surface area contributed by atoms with E-state index in [1.54, 1.807) is 6.07 Å². The third-order valence-electron chi connectivity index (χ3n) is 7.12. The Bertz CT molecular complexity index is 608. The van der Waals surface area contributed by atoms with Gasteiger partial charge < -0.3 is 0 Å². The lowest BCUT2D eigenvalue weighted by atomic mass is 9.74. The second kappa shape index (κ2) is 11.1. The lowest BCUT2D eigenvalue weighted by Crippen LogP contribution is -2.17. The maximum Gasteiger partial charge on any atom is 0.159 e. The monoisotopic (exact) mass is 392 g/mol. The Hall–Kier alpha value is -1.25. The highest BCUT2D eigenvalue weighted by atomic mass is 19.2. The van der Waals surface area contributed by atoms with Gasteiger partial charge in [-0.3, -0.25) is 4.39 Å². The Morgan fingerprint density at radius 2 is 1.36 bits per heavy atom. The molecule has 0 saturated heterocycles. The van der Waals surface area contributed by atoms with Crippen molar-refractivity contribution in [2.24, 2.45) is 17.8 Å². The van der Waals surface area contributed by atoms with E-state index in [1.807, 2.05) is 6.08 Å². The summed E-state index contributed by atoms with van der Waals surface area (Å²) in [6.45, 7) is -0.244. The molecule has 2 aliphatic rings. The Balaban J connectivity index is 1.32. The molecule has 1 aromatic carbocycles. The van der Waals surface area contributed by atoms with Crippen LogP contribution in [0, 0.1) is 29.4 Å². The van der Waals surface area contributed by atoms with E-state index in [2.05, 4.69) is 6.08 Å². The van der Waals surface area contributed by atoms with Crippen LogP contribution >= 0.6 is 0 Å². The van der Waals surface area contributed by atoms with Crippen LogP contribution in [0.15, 0.2) is 30.4 Å². The zero-order chi connectivity index (χ0) is 19.8. The lowest BCUT2D eigenvalue weighted by molar-refractivity contribution is 0.231. The zero-order valence-electron chi connectivity index (χ0n) is 17.0. The van der Waals surface area contributed by atoms with Gasteiger partial charge in [-0.1, -0.05) is 43.9 Å². The smallest absolute Gasteiger partial charge is 0.159 e. The predicted molar refractivity (Wildman–Crippen MR) is 110 cm³/mol. The lowest BCUT2D eigenvalue weighted by Gasteiger charge is -2.32. The summed E-state index contributed by atoms with van der Waals surface area (Å²) in [5, 5.41) is 0. The Morgan fingerprint density at radius 1 is 0.750 bits per heavy atom. The van der Waals surface area contributed by atoms with Gasteiger partial charge in [-0.15, -0.1) is 0 Å². The van der Waals surface area contributed by atoms with Crippen molar-refractivity contribution in [3.63, 3.8) is 0 Å². The third-order valence-corrected chi connectivity index (χ3v) is 7.12. The fourth-order valence-electron chi connectivity index (χ4n) is 5.25. The summed E-state index contributed by atoms with van der Waals surface area (Å²) in [5.41, 5.74) is 0.969. The first-order chi connectivity index (χ1) is 13.7. The van der Waals surface area contributed by atoms with Crippen LogP contribution in [-0.4, -0.2) is 6.67 Å². The van der Waals surface area contributed by atoms with Gasteiger partial charge in [0, 0.05) is 0 Å². The molecule has 3 rings (SSSR count). The van der Waals surface area contributed by atoms with E-state index in [4.69, 9.17) is 0 Å². The fraction of sp³-hybridized carbons (Fsp3) is 0.680. The Kier molecular flexibility index (Phi) is 8.48. The van der Waals surface area contributed by atoms with Gasteiger partial charge >= 0.3 is 0 Å². The molecule has 2 saturated carbocycles. The average Bonchev–Trinajstić information content (AvgIpc) is 2.73. The number of alkyl halides is 1. The molecule has 0 radical (unpaired) electrons. The first-order valence-corrected chi connectivity index (χ1v) is 11.3. The van der Waals surface area contributed by atoms with Crippen LogP contribution in [0.4, 0.5) is 13.2 Å². The van der Waals surface area contributed by atoms with Crippen LogP contribution in [0.25, 0.3) is 0 Å². The first-order valence-electron chi connectivity index (χ1n) is 11.3. The molecule has 28 heavy (non-hydrogen) atoms. The van der Waals surface area contributed by atoms with Crippen LogP contribution in [0.3, 0.4) is 0 Å². The van der Waals surface area contributed by atoms with Crippen LogP contribution < -0.4 is 0 Å². The molecule has 0 nitrogen and oxygen atoms in total. The summed E-state index contributed by atoms with van der Waals surface area (Å²) in [5.74, 6) is 1.43. The van der Waals surface area contributed by atoms with Gasteiger partial charge in [0.2, 0.25) is 0 Å². The molecule has 0 atom stereocenters. The second-order valence-electron chi connectivity index (χ2n) is 9.04. The third kappa shape index (κ3) is 6.39. The van der Waals surface area contributed by atoms with E-state index >= 15 is 0 Å². The molecule has 2 fully saturated rings. The summed E-state index contributed by atoms with van der Waals surface area (Å²) in [6.07, 6.45) is 18.5. The fourth-order valence-corrected chi connectivity index (χ4v) is 5.25. The molecule has 1 aromatic rings. The highest BCUT2D eigenvalue weighted by Gasteiger charge is 2.25. The molecular formula is C25H35F3. The number of allylic oxidation sites excluding steroid dienone is 2. The number of hydrogen-bond donors (Lipinski definition) is 0. The van der Waals surface area contributed by atoms with Crippen LogP contribution in [0.2, 0.25) is 0 Å². The van der Waals surface area contributed by atoms with Gasteiger partial charge in [0.1, 0.15) is 0 Å². The summed E-state index contributed by atoms with van der Waals surface area (Å²) in [6, 6.07) is 4.42. The van der Waals surface area contributed by atoms with Gasteiger partial charge in [-0.2, -0.15) is 0 Å². The van der Waals surface area contributed by atoms with Gasteiger partial charge in [0.15, 0.2) is 11.6 Å². The maximum absolute atomic E-state index is 13.5. The van der Waals surface area contributed by atoms with Crippen molar-refractivity contribution in [2.75, 3.05) is 6.67 Å². The van der Waals surface area contributed by atoms with E-state index in [0.717, 1.165) is 42.6 Å². The SMILES string of the molecule is FCC/C=C/CC1CCC(CCC2CCC(c3ccc(F)c(F)c3)CC2)CC1. The maximum atomic E-state index is 13.5. The molecule has 0 amide bonds. The minimum absolute atomic E-state index is 0.244. The summed E-state index contributed by atoms with van der Waals surface area (Å²) in [4.78, 5) is 0. The molecule has 2 aliphatic carbocycles. The molecular weight excluding hydrogens is 357 g/mol. The van der Waals surface area contributed by atoms with E-state index in [1.165, 1.54) is 63.5 Å². The molecule has 0 bridgehead atoms. The predicted octanol–water partition coefficient (Wildman–Crippen LogP) is 8.13. The largest absolute Gasteiger partial charge is 0.251 e. The topological polar surface area (TPSA) is 0 Å². The van der Waals surface area contributed by atoms with E-state index in [9.17, 15) is 13.2 Å². The summed E-state index contributed by atoms with van der Waals surface area (Å²) < 4.78 is 38.7. The van der Waals surface area contributed by atoms with Gasteiger partial charge in [0.05, 0.1) is 6.67 Å². The minimum Gasteiger partial charge on any atom is -0.251 e. The molecule has 0 unspecified atom stereocenters. The summed E-state index contributed by atoms with van der Waals surface area (Å²) in [7, 11) is 0. The van der Waals surface area contributed by atoms with Crippen LogP contribution in [0.1, 0.15) is 88.5 Å². The van der Waals surface area contributed by atoms with Gasteiger partial charge in [0.25, 0.3) is 0 Å².